The van der Waals surface area contributed by atoms with Crippen LogP contribution >= 0.6 is 11.6 Å². The largest absolute Gasteiger partial charge is 0.573 e. The van der Waals surface area contributed by atoms with Crippen molar-refractivity contribution in [2.24, 2.45) is 18.0 Å². The van der Waals surface area contributed by atoms with Crippen LogP contribution in [-0.2, 0) is 35.9 Å². The maximum Gasteiger partial charge on any atom is 0.573 e. The van der Waals surface area contributed by atoms with Crippen LogP contribution in [0.5, 0.6) is 0 Å². The number of piperazine rings is 1. The van der Waals surface area contributed by atoms with Gasteiger partial charge in [-0.3, -0.25) is 18.8 Å². The number of allylic oxidation sites excluding steroid dienone is 2. The van der Waals surface area contributed by atoms with Gasteiger partial charge in [0.1, 0.15) is 17.3 Å². The lowest BCUT2D eigenvalue weighted by molar-refractivity contribution is -0.303. The lowest BCUT2D eigenvalue weighted by Gasteiger charge is -2.32. The highest BCUT2D eigenvalue weighted by molar-refractivity contribution is 6.30. The van der Waals surface area contributed by atoms with Gasteiger partial charge in [0.25, 0.3) is 5.56 Å². The van der Waals surface area contributed by atoms with Crippen LogP contribution in [0.3, 0.4) is 0 Å². The summed E-state index contributed by atoms with van der Waals surface area (Å²) < 4.78 is 50.7. The first-order valence-corrected chi connectivity index (χ1v) is 14.8. The molecule has 44 heavy (non-hydrogen) atoms. The van der Waals surface area contributed by atoms with E-state index in [0.717, 1.165) is 37.8 Å². The molecule has 2 aliphatic rings. The molecule has 1 aromatic heterocycles. The van der Waals surface area contributed by atoms with Crippen LogP contribution in [0.1, 0.15) is 24.0 Å². The Kier molecular flexibility index (Phi) is 10.9. The van der Waals surface area contributed by atoms with Gasteiger partial charge < -0.3 is 14.4 Å². The van der Waals surface area contributed by atoms with Crippen molar-refractivity contribution in [3.05, 3.63) is 98.1 Å². The van der Waals surface area contributed by atoms with Crippen molar-refractivity contribution in [2.45, 2.75) is 38.6 Å². The molecule has 13 heteroatoms. The molecule has 1 atom stereocenters. The molecule has 4 rings (SSSR count). The predicted octanol–water partition coefficient (Wildman–Crippen LogP) is 4.81. The Hall–Kier alpha value is -3.61. The van der Waals surface area contributed by atoms with Gasteiger partial charge in [0.2, 0.25) is 0 Å². The highest BCUT2D eigenvalue weighted by atomic mass is 35.5. The van der Waals surface area contributed by atoms with Crippen LogP contribution in [0.25, 0.3) is 0 Å². The lowest BCUT2D eigenvalue weighted by Crippen LogP contribution is -2.48. The minimum absolute atomic E-state index is 0.0801. The van der Waals surface area contributed by atoms with Gasteiger partial charge in [0.05, 0.1) is 5.56 Å². The molecule has 2 aromatic rings. The summed E-state index contributed by atoms with van der Waals surface area (Å²) in [5.41, 5.74) is 0.497. The molecule has 1 saturated heterocycles. The first-order chi connectivity index (χ1) is 20.8. The number of nitrogens with zero attached hydrogens (tertiary/aromatic N) is 5. The zero-order valence-electron chi connectivity index (χ0n) is 24.9. The molecule has 1 fully saturated rings. The van der Waals surface area contributed by atoms with Crippen LogP contribution in [0.4, 0.5) is 19.0 Å². The normalized spacial score (nSPS) is 18.3. The molecule has 3 heterocycles. The Labute approximate surface area is 259 Å². The molecule has 2 aliphatic heterocycles. The smallest absolute Gasteiger partial charge is 0.443 e. The number of likely N-dealkylation sites (N-methyl/N-ethyl adjacent to an activating group) is 1. The van der Waals surface area contributed by atoms with Crippen molar-refractivity contribution in [3.8, 4) is 0 Å². The highest BCUT2D eigenvalue weighted by Gasteiger charge is 2.32. The quantitative estimate of drug-likeness (QED) is 0.275. The summed E-state index contributed by atoms with van der Waals surface area (Å²) in [5, 5.41) is 0.608. The summed E-state index contributed by atoms with van der Waals surface area (Å²) in [5.74, 6) is -0.813. The molecule has 1 unspecified atom stereocenters. The molecule has 0 bridgehead atoms. The number of aromatic nitrogens is 2. The van der Waals surface area contributed by atoms with Crippen molar-refractivity contribution < 1.29 is 22.6 Å². The molecule has 0 aliphatic carbocycles. The number of ether oxygens (including phenoxy) is 2. The number of halogens is 4. The fourth-order valence-corrected chi connectivity index (χ4v) is 5.41. The van der Waals surface area contributed by atoms with E-state index in [0.29, 0.717) is 42.8 Å². The maximum atomic E-state index is 13.7. The van der Waals surface area contributed by atoms with Crippen molar-refractivity contribution in [2.75, 3.05) is 39.8 Å². The summed E-state index contributed by atoms with van der Waals surface area (Å²) in [4.78, 5) is 36.2. The fourth-order valence-electron chi connectivity index (χ4n) is 5.28. The van der Waals surface area contributed by atoms with Gasteiger partial charge in [-0.05, 0) is 56.5 Å². The van der Waals surface area contributed by atoms with E-state index in [2.05, 4.69) is 39.7 Å². The molecule has 238 valence electrons. The number of alkyl halides is 3. The Morgan fingerprint density at radius 3 is 2.43 bits per heavy atom. The second kappa shape index (κ2) is 14.4. The molecule has 0 saturated carbocycles. The van der Waals surface area contributed by atoms with E-state index in [1.54, 1.807) is 19.2 Å². The predicted molar refractivity (Wildman–Crippen MR) is 164 cm³/mol. The van der Waals surface area contributed by atoms with Gasteiger partial charge in [-0.1, -0.05) is 36.9 Å². The number of aliphatic imine (C=N–C) groups is 1. The number of hydrogen-bond donors (Lipinski definition) is 0. The second-order valence-electron chi connectivity index (χ2n) is 11.0. The Morgan fingerprint density at radius 1 is 1.11 bits per heavy atom. The average molecular weight is 636 g/mol. The number of hydrogen-bond acceptors (Lipinski definition) is 7. The number of fused-ring (bicyclic) bond motifs is 1. The van der Waals surface area contributed by atoms with E-state index in [-0.39, 0.29) is 29.9 Å². The third kappa shape index (κ3) is 8.73. The van der Waals surface area contributed by atoms with Crippen LogP contribution < -0.4 is 11.2 Å². The molecule has 1 aromatic carbocycles. The number of benzene rings is 1. The van der Waals surface area contributed by atoms with E-state index >= 15 is 0 Å². The Bertz CT molecular complexity index is 1540. The van der Waals surface area contributed by atoms with Crippen LogP contribution in [0, 0.1) is 5.92 Å². The van der Waals surface area contributed by atoms with Crippen molar-refractivity contribution in [1.29, 1.82) is 0 Å². The van der Waals surface area contributed by atoms with Gasteiger partial charge in [0, 0.05) is 63.3 Å². The minimum Gasteiger partial charge on any atom is -0.443 e. The molecule has 0 radical (unpaired) electrons. The third-order valence-electron chi connectivity index (χ3n) is 7.82. The summed E-state index contributed by atoms with van der Waals surface area (Å²) in [6.45, 7) is 11.3. The van der Waals surface area contributed by atoms with Crippen LogP contribution in [0.2, 0.25) is 5.02 Å². The highest BCUT2D eigenvalue weighted by Crippen LogP contribution is 2.29. The first-order valence-electron chi connectivity index (χ1n) is 14.4. The molecule has 0 spiro atoms. The number of rotatable bonds is 10. The summed E-state index contributed by atoms with van der Waals surface area (Å²) in [6.07, 6.45) is -0.811. The fraction of sp³-hybridized carbons (Fsp3) is 0.452. The first kappa shape index (κ1) is 33.3. The Morgan fingerprint density at radius 2 is 1.80 bits per heavy atom. The van der Waals surface area contributed by atoms with Crippen LogP contribution in [0.15, 0.2) is 75.7 Å². The monoisotopic (exact) mass is 635 g/mol. The molecular formula is C31H37ClF3N5O4. The van der Waals surface area contributed by atoms with Crippen LogP contribution in [-0.4, -0.2) is 71.0 Å². The summed E-state index contributed by atoms with van der Waals surface area (Å²) in [7, 11) is 3.61. The van der Waals surface area contributed by atoms with Gasteiger partial charge in [-0.25, -0.2) is 4.79 Å². The van der Waals surface area contributed by atoms with Gasteiger partial charge in [-0.15, -0.1) is 13.2 Å². The molecule has 0 N–H and O–H groups in total. The van der Waals surface area contributed by atoms with Crippen molar-refractivity contribution in [3.63, 3.8) is 0 Å². The second-order valence-corrected chi connectivity index (χ2v) is 11.4. The lowest BCUT2D eigenvalue weighted by atomic mass is 9.94. The van der Waals surface area contributed by atoms with E-state index in [1.165, 1.54) is 15.2 Å². The average Bonchev–Trinajstić information content (AvgIpc) is 3.15. The molecule has 9 nitrogen and oxygen atoms in total. The third-order valence-corrected chi connectivity index (χ3v) is 8.07. The van der Waals surface area contributed by atoms with Gasteiger partial charge >= 0.3 is 12.1 Å². The van der Waals surface area contributed by atoms with Crippen molar-refractivity contribution in [1.82, 2.24) is 18.9 Å². The molecule has 0 amide bonds. The van der Waals surface area contributed by atoms with E-state index < -0.39 is 23.4 Å². The summed E-state index contributed by atoms with van der Waals surface area (Å²) in [6, 6.07) is 7.39. The van der Waals surface area contributed by atoms with E-state index in [1.807, 2.05) is 12.1 Å². The minimum atomic E-state index is -4.93. The Balaban J connectivity index is 1.66. The standard InChI is InChI=1S/C31H37ClF3N5O4/c1-5-25(20-21(2)44-31(33,34)35)43-28-23(9-6-22-7-11-24(32)12-8-22)10-13-26-27(36-28)38(4)30(42)40(29(26)41)19-18-39-16-14-37(3)15-17-39/h5,7-8,11-12,20,23H,1-2,6,9-10,13-19H2,3-4H3/b25-20+. The maximum absolute atomic E-state index is 13.7. The zero-order valence-corrected chi connectivity index (χ0v) is 25.7. The zero-order chi connectivity index (χ0) is 32.0. The molecular weight excluding hydrogens is 599 g/mol. The van der Waals surface area contributed by atoms with E-state index in [9.17, 15) is 22.8 Å². The SMILES string of the molecule is C=C/C(=C\C(=C)OC(F)(F)F)OC1=Nc2c(c(=O)n(CCN3CCN(C)CC3)c(=O)n2C)CCC1CCc1ccc(Cl)cc1. The van der Waals surface area contributed by atoms with Gasteiger partial charge in [0.15, 0.2) is 5.90 Å². The van der Waals surface area contributed by atoms with Crippen molar-refractivity contribution >= 4 is 23.3 Å². The summed E-state index contributed by atoms with van der Waals surface area (Å²) >= 11 is 6.03. The van der Waals surface area contributed by atoms with E-state index in [4.69, 9.17) is 16.3 Å². The topological polar surface area (TPSA) is 81.3 Å². The van der Waals surface area contributed by atoms with Gasteiger partial charge in [-0.2, -0.15) is 4.99 Å². The number of aryl methyl sites for hydroxylation is 1.